The third kappa shape index (κ3) is 10.8. The maximum absolute atomic E-state index is 12.9. The number of nitrogens with two attached hydrogens (primary N) is 1. The lowest BCUT2D eigenvalue weighted by Crippen LogP contribution is -2.39. The molecule has 0 aliphatic carbocycles. The van der Waals surface area contributed by atoms with Crippen LogP contribution in [-0.2, 0) is 25.4 Å². The molecule has 9 nitrogen and oxygen atoms in total. The van der Waals surface area contributed by atoms with Gasteiger partial charge < -0.3 is 15.4 Å². The van der Waals surface area contributed by atoms with Crippen molar-refractivity contribution in [2.75, 3.05) is 19.7 Å². The Labute approximate surface area is 248 Å². The molecule has 1 aliphatic heterocycles. The number of amides is 1. The number of nitrogens with one attached hydrogen (secondary N) is 1. The number of carbonyl (C=O) groups excluding carboxylic acids is 2. The van der Waals surface area contributed by atoms with E-state index in [1.165, 1.54) is 0 Å². The zero-order chi connectivity index (χ0) is 30.5. The third-order valence-electron chi connectivity index (χ3n) is 6.97. The highest BCUT2D eigenvalue weighted by molar-refractivity contribution is 7.85. The Morgan fingerprint density at radius 2 is 1.48 bits per heavy atom. The summed E-state index contributed by atoms with van der Waals surface area (Å²) in [6.07, 6.45) is 4.02. The van der Waals surface area contributed by atoms with Crippen molar-refractivity contribution in [3.63, 3.8) is 0 Å². The minimum absolute atomic E-state index is 0.0300. The molecular weight excluding hydrogens is 554 g/mol. The number of hydrogen-bond donors (Lipinski definition) is 3. The minimum Gasteiger partial charge on any atom is -0.466 e. The van der Waals surface area contributed by atoms with Gasteiger partial charge >= 0.3 is 5.97 Å². The van der Waals surface area contributed by atoms with Crippen LogP contribution in [0.4, 0.5) is 0 Å². The second kappa shape index (κ2) is 15.8. The van der Waals surface area contributed by atoms with E-state index in [1.807, 2.05) is 53.4 Å². The quantitative estimate of drug-likeness (QED) is 0.0949. The van der Waals surface area contributed by atoms with Gasteiger partial charge in [0.25, 0.3) is 16.0 Å². The lowest BCUT2D eigenvalue weighted by Gasteiger charge is -2.31. The lowest BCUT2D eigenvalue weighted by atomic mass is 9.93. The van der Waals surface area contributed by atoms with E-state index in [9.17, 15) is 18.0 Å². The molecule has 4 N–H and O–H groups in total. The van der Waals surface area contributed by atoms with E-state index >= 15 is 0 Å². The van der Waals surface area contributed by atoms with Gasteiger partial charge in [-0.1, -0.05) is 80.1 Å². The van der Waals surface area contributed by atoms with Crippen LogP contribution in [0.15, 0.2) is 78.9 Å². The number of ether oxygens (including phenoxy) is 1. The van der Waals surface area contributed by atoms with Gasteiger partial charge in [0.2, 0.25) is 0 Å². The molecule has 0 radical (unpaired) electrons. The first-order chi connectivity index (χ1) is 20.1. The largest absolute Gasteiger partial charge is 0.466 e. The summed E-state index contributed by atoms with van der Waals surface area (Å²) >= 11 is 0. The average molecular weight is 594 g/mol. The third-order valence-corrected chi connectivity index (χ3v) is 7.67. The molecule has 1 aliphatic rings. The highest BCUT2D eigenvalue weighted by Gasteiger charge is 2.25. The highest BCUT2D eigenvalue weighted by atomic mass is 32.2. The fourth-order valence-electron chi connectivity index (χ4n) is 4.58. The molecule has 1 saturated heterocycles. The van der Waals surface area contributed by atoms with Crippen LogP contribution in [-0.4, -0.2) is 55.3 Å². The molecule has 1 heterocycles. The van der Waals surface area contributed by atoms with E-state index in [-0.39, 0.29) is 23.5 Å². The maximum Gasteiger partial charge on any atom is 0.306 e. The zero-order valence-corrected chi connectivity index (χ0v) is 24.7. The zero-order valence-electron chi connectivity index (χ0n) is 23.9. The molecule has 1 amide bonds. The number of hydrogen-bond acceptors (Lipinski definition) is 6. The van der Waals surface area contributed by atoms with Crippen molar-refractivity contribution in [1.29, 1.82) is 5.41 Å². The Balaban J connectivity index is 0.000000369. The van der Waals surface area contributed by atoms with Crippen molar-refractivity contribution >= 4 is 27.8 Å². The number of nitrogen functional groups attached to an aromatic ring is 1. The number of rotatable bonds is 10. The van der Waals surface area contributed by atoms with Crippen molar-refractivity contribution in [2.24, 2.45) is 11.7 Å². The van der Waals surface area contributed by atoms with Gasteiger partial charge in [0.15, 0.2) is 0 Å². The Morgan fingerprint density at radius 1 is 0.929 bits per heavy atom. The van der Waals surface area contributed by atoms with E-state index < -0.39 is 10.1 Å². The molecule has 10 heteroatoms. The van der Waals surface area contributed by atoms with Gasteiger partial charge in [-0.3, -0.25) is 19.6 Å². The summed E-state index contributed by atoms with van der Waals surface area (Å²) in [6.45, 7) is 3.91. The highest BCUT2D eigenvalue weighted by Crippen LogP contribution is 2.24. The second-order valence-corrected chi connectivity index (χ2v) is 11.7. The van der Waals surface area contributed by atoms with Crippen LogP contribution in [0, 0.1) is 11.3 Å². The minimum atomic E-state index is -3.88. The predicted octanol–water partition coefficient (Wildman–Crippen LogP) is 5.30. The molecule has 42 heavy (non-hydrogen) atoms. The van der Waals surface area contributed by atoms with E-state index in [2.05, 4.69) is 6.92 Å². The van der Waals surface area contributed by atoms with Crippen LogP contribution in [0.2, 0.25) is 0 Å². The molecule has 0 aromatic heterocycles. The van der Waals surface area contributed by atoms with E-state index in [1.54, 1.807) is 30.3 Å². The summed E-state index contributed by atoms with van der Waals surface area (Å²) in [6, 6.07) is 23.6. The number of nitrogens with zero attached hydrogens (tertiary/aromatic N) is 1. The molecule has 1 fully saturated rings. The molecule has 224 valence electrons. The van der Waals surface area contributed by atoms with Crippen molar-refractivity contribution in [1.82, 2.24) is 4.90 Å². The van der Waals surface area contributed by atoms with Crippen molar-refractivity contribution in [3.8, 4) is 11.1 Å². The first kappa shape index (κ1) is 32.5. The van der Waals surface area contributed by atoms with Crippen LogP contribution in [0.1, 0.15) is 60.5 Å². The molecule has 0 saturated carbocycles. The van der Waals surface area contributed by atoms with Crippen LogP contribution >= 0.6 is 0 Å². The lowest BCUT2D eigenvalue weighted by molar-refractivity contribution is -0.145. The van der Waals surface area contributed by atoms with Crippen LogP contribution < -0.4 is 5.73 Å². The number of carbonyl (C=O) groups is 2. The Hall–Kier alpha value is -4.02. The number of benzene rings is 3. The summed E-state index contributed by atoms with van der Waals surface area (Å²) in [7, 11) is -3.88. The Bertz CT molecular complexity index is 1420. The van der Waals surface area contributed by atoms with Crippen molar-refractivity contribution in [2.45, 2.75) is 44.8 Å². The number of unbranched alkanes of at least 4 members (excludes halogenated alkanes) is 1. The summed E-state index contributed by atoms with van der Waals surface area (Å²) in [5.74, 6) is -0.0656. The first-order valence-electron chi connectivity index (χ1n) is 14.0. The van der Waals surface area contributed by atoms with E-state index in [4.69, 9.17) is 20.4 Å². The molecule has 3 aromatic rings. The topological polar surface area (TPSA) is 151 Å². The Kier molecular flexibility index (Phi) is 12.3. The average Bonchev–Trinajstić information content (AvgIpc) is 2.97. The van der Waals surface area contributed by atoms with E-state index in [0.717, 1.165) is 36.8 Å². The van der Waals surface area contributed by atoms with E-state index in [0.29, 0.717) is 48.7 Å². The van der Waals surface area contributed by atoms with Gasteiger partial charge in [-0.25, -0.2) is 0 Å². The summed E-state index contributed by atoms with van der Waals surface area (Å²) in [5, 5.41) is 7.48. The molecule has 0 bridgehead atoms. The first-order valence-corrected chi connectivity index (χ1v) is 15.7. The predicted molar refractivity (Wildman–Crippen MR) is 164 cm³/mol. The van der Waals surface area contributed by atoms with Crippen molar-refractivity contribution in [3.05, 3.63) is 95.6 Å². The number of likely N-dealkylation sites (tertiary alicyclic amines) is 1. The number of amidine groups is 1. The fourth-order valence-corrected chi connectivity index (χ4v) is 5.19. The van der Waals surface area contributed by atoms with Gasteiger partial charge in [-0.2, -0.15) is 8.42 Å². The summed E-state index contributed by atoms with van der Waals surface area (Å²) in [5.41, 5.74) is 9.47. The Morgan fingerprint density at radius 3 is 1.98 bits per heavy atom. The monoisotopic (exact) mass is 593 g/mol. The van der Waals surface area contributed by atoms with Gasteiger partial charge in [-0.15, -0.1) is 0 Å². The molecule has 0 unspecified atom stereocenters. The molecular formula is C32H39N3O6S. The molecule has 0 spiro atoms. The van der Waals surface area contributed by atoms with Crippen LogP contribution in [0.25, 0.3) is 11.1 Å². The van der Waals surface area contributed by atoms with Crippen LogP contribution in [0.3, 0.4) is 0 Å². The smallest absolute Gasteiger partial charge is 0.306 e. The van der Waals surface area contributed by atoms with Gasteiger partial charge in [0.05, 0.1) is 6.61 Å². The fraction of sp³-hybridized carbons (Fsp3) is 0.344. The number of esters is 1. The second-order valence-electron chi connectivity index (χ2n) is 10.3. The van der Waals surface area contributed by atoms with Gasteiger partial charge in [-0.05, 0) is 54.0 Å². The number of piperidine rings is 1. The summed E-state index contributed by atoms with van der Waals surface area (Å²) < 4.78 is 34.4. The standard InChI is InChI=1S/C25H31N3O3.C7H8O3S/c1-2-3-16-31-23(29)17-18-12-14-28(15-13-18)25(30)22-10-6-20(7-11-22)19-4-8-21(9-5-19)24(26)27;8-11(9,10)6-7-4-2-1-3-5-7/h4-11,18H,2-3,12-17H2,1H3,(H3,26,27);1-5H,6H2,(H,8,9,10). The summed E-state index contributed by atoms with van der Waals surface area (Å²) in [4.78, 5) is 26.6. The molecule has 4 rings (SSSR count). The van der Waals surface area contributed by atoms with Crippen molar-refractivity contribution < 1.29 is 27.3 Å². The molecule has 3 aromatic carbocycles. The van der Waals surface area contributed by atoms with Gasteiger partial charge in [0.1, 0.15) is 11.6 Å². The molecule has 0 atom stereocenters. The van der Waals surface area contributed by atoms with Crippen LogP contribution in [0.5, 0.6) is 0 Å². The SMILES string of the molecule is CCCCOC(=O)CC1CCN(C(=O)c2ccc(-c3ccc(C(=N)N)cc3)cc2)CC1.O=S(=O)(O)Cc1ccccc1. The normalized spacial score (nSPS) is 13.5. The van der Waals surface area contributed by atoms with Gasteiger partial charge in [0, 0.05) is 30.6 Å². The maximum atomic E-state index is 12.9.